The monoisotopic (exact) mass is 154 g/mol. The van der Waals surface area contributed by atoms with Gasteiger partial charge < -0.3 is 10.2 Å². The quantitative estimate of drug-likeness (QED) is 0.648. The van der Waals surface area contributed by atoms with Gasteiger partial charge in [0, 0.05) is 25.2 Å². The maximum atomic E-state index is 3.68. The molecule has 1 aliphatic carbocycles. The first-order chi connectivity index (χ1) is 5.38. The highest BCUT2D eigenvalue weighted by Gasteiger charge is 2.28. The fourth-order valence-corrected chi connectivity index (χ4v) is 1.84. The highest BCUT2D eigenvalue weighted by atomic mass is 15.2. The maximum Gasteiger partial charge on any atom is 0.0325 e. The van der Waals surface area contributed by atoms with E-state index in [-0.39, 0.29) is 0 Å². The van der Waals surface area contributed by atoms with E-state index in [1.54, 1.807) is 0 Å². The van der Waals surface area contributed by atoms with Crippen LogP contribution in [0.5, 0.6) is 0 Å². The number of nitrogens with one attached hydrogen (secondary N) is 1. The molecule has 1 saturated carbocycles. The van der Waals surface area contributed by atoms with Crippen molar-refractivity contribution in [3.8, 4) is 0 Å². The van der Waals surface area contributed by atoms with Gasteiger partial charge in [0.25, 0.3) is 0 Å². The van der Waals surface area contributed by atoms with Gasteiger partial charge in [-0.15, -0.1) is 0 Å². The highest BCUT2D eigenvalue weighted by molar-refractivity contribution is 4.89. The smallest absolute Gasteiger partial charge is 0.0325 e. The summed E-state index contributed by atoms with van der Waals surface area (Å²) < 4.78 is 0. The molecular formula is C9H18N2. The van der Waals surface area contributed by atoms with Crippen molar-refractivity contribution in [3.63, 3.8) is 0 Å². The van der Waals surface area contributed by atoms with Gasteiger partial charge in [0.1, 0.15) is 0 Å². The molecule has 2 fully saturated rings. The zero-order chi connectivity index (χ0) is 7.68. The predicted molar refractivity (Wildman–Crippen MR) is 46.7 cm³/mol. The molecule has 11 heavy (non-hydrogen) atoms. The van der Waals surface area contributed by atoms with Crippen LogP contribution in [-0.4, -0.2) is 36.6 Å². The third-order valence-corrected chi connectivity index (χ3v) is 2.98. The predicted octanol–water partition coefficient (Wildman–Crippen LogP) is 0.833. The number of rotatable bonds is 3. The van der Waals surface area contributed by atoms with Gasteiger partial charge in [-0.05, 0) is 19.4 Å². The molecule has 2 rings (SSSR count). The van der Waals surface area contributed by atoms with Crippen molar-refractivity contribution in [3.05, 3.63) is 0 Å². The lowest BCUT2D eigenvalue weighted by molar-refractivity contribution is 0.113. The number of hydrogen-bond donors (Lipinski definition) is 1. The molecule has 0 spiro atoms. The summed E-state index contributed by atoms with van der Waals surface area (Å²) in [5.41, 5.74) is 0. The Balaban J connectivity index is 1.59. The number of hydrogen-bond acceptors (Lipinski definition) is 2. The summed E-state index contributed by atoms with van der Waals surface area (Å²) in [7, 11) is 0. The molecule has 1 N–H and O–H groups in total. The third-order valence-electron chi connectivity index (χ3n) is 2.98. The van der Waals surface area contributed by atoms with Gasteiger partial charge in [0.05, 0.1) is 0 Å². The average Bonchev–Trinajstić information content (AvgIpc) is 1.81. The summed E-state index contributed by atoms with van der Waals surface area (Å²) in [5.74, 6) is 0. The minimum atomic E-state index is 0.820. The molecule has 2 aliphatic rings. The Hall–Kier alpha value is -0.0800. The zero-order valence-electron chi connectivity index (χ0n) is 7.34. The second-order valence-electron chi connectivity index (χ2n) is 3.84. The van der Waals surface area contributed by atoms with Gasteiger partial charge in [-0.2, -0.15) is 0 Å². The summed E-state index contributed by atoms with van der Waals surface area (Å²) in [6.45, 7) is 6.03. The van der Waals surface area contributed by atoms with Gasteiger partial charge in [0.2, 0.25) is 0 Å². The van der Waals surface area contributed by atoms with Gasteiger partial charge in [-0.25, -0.2) is 0 Å². The first kappa shape index (κ1) is 7.56. The second kappa shape index (κ2) is 3.11. The molecule has 0 atom stereocenters. The van der Waals surface area contributed by atoms with Crippen LogP contribution in [0.1, 0.15) is 26.2 Å². The molecule has 0 aromatic heterocycles. The van der Waals surface area contributed by atoms with Crippen LogP contribution in [-0.2, 0) is 0 Å². The summed E-state index contributed by atoms with van der Waals surface area (Å²) in [4.78, 5) is 2.48. The number of nitrogens with zero attached hydrogens (tertiary/aromatic N) is 1. The van der Waals surface area contributed by atoms with Crippen molar-refractivity contribution in [1.29, 1.82) is 0 Å². The molecule has 1 heterocycles. The van der Waals surface area contributed by atoms with Crippen molar-refractivity contribution in [2.75, 3.05) is 19.6 Å². The maximum absolute atomic E-state index is 3.68. The summed E-state index contributed by atoms with van der Waals surface area (Å²) >= 11 is 0. The largest absolute Gasteiger partial charge is 0.309 e. The molecule has 64 valence electrons. The third kappa shape index (κ3) is 1.57. The topological polar surface area (TPSA) is 15.3 Å². The van der Waals surface area contributed by atoms with Gasteiger partial charge in [-0.1, -0.05) is 13.3 Å². The van der Waals surface area contributed by atoms with Gasteiger partial charge >= 0.3 is 0 Å². The summed E-state index contributed by atoms with van der Waals surface area (Å²) in [6.07, 6.45) is 4.28. The Kier molecular flexibility index (Phi) is 2.14. The molecule has 0 unspecified atom stereocenters. The molecule has 2 heteroatoms. The fraction of sp³-hybridized carbons (Fsp3) is 1.00. The second-order valence-corrected chi connectivity index (χ2v) is 3.84. The zero-order valence-corrected chi connectivity index (χ0v) is 7.34. The van der Waals surface area contributed by atoms with Crippen LogP contribution in [0.15, 0.2) is 0 Å². The van der Waals surface area contributed by atoms with E-state index in [2.05, 4.69) is 17.1 Å². The van der Waals surface area contributed by atoms with Crippen LogP contribution in [0.3, 0.4) is 0 Å². The number of likely N-dealkylation sites (tertiary alicyclic amines) is 1. The molecule has 0 amide bonds. The average molecular weight is 154 g/mol. The molecule has 1 saturated heterocycles. The Morgan fingerprint density at radius 2 is 2.00 bits per heavy atom. The minimum absolute atomic E-state index is 0.820. The summed E-state index contributed by atoms with van der Waals surface area (Å²) in [6, 6.07) is 1.69. The minimum Gasteiger partial charge on any atom is -0.309 e. The van der Waals surface area contributed by atoms with E-state index >= 15 is 0 Å². The van der Waals surface area contributed by atoms with Gasteiger partial charge in [-0.3, -0.25) is 0 Å². The van der Waals surface area contributed by atoms with E-state index < -0.39 is 0 Å². The van der Waals surface area contributed by atoms with Crippen LogP contribution in [0.2, 0.25) is 0 Å². The van der Waals surface area contributed by atoms with Crippen molar-refractivity contribution >= 4 is 0 Å². The van der Waals surface area contributed by atoms with Crippen LogP contribution >= 0.6 is 0 Å². The molecule has 0 radical (unpaired) electrons. The normalized spacial score (nSPS) is 28.1. The molecule has 2 nitrogen and oxygen atoms in total. The Bertz CT molecular complexity index is 126. The SMILES string of the molecule is CCN1CC(NC2CCC2)C1. The van der Waals surface area contributed by atoms with E-state index in [4.69, 9.17) is 0 Å². The van der Waals surface area contributed by atoms with Crippen LogP contribution in [0.25, 0.3) is 0 Å². The molecule has 0 bridgehead atoms. The summed E-state index contributed by atoms with van der Waals surface area (Å²) in [5, 5.41) is 3.68. The van der Waals surface area contributed by atoms with E-state index in [0.717, 1.165) is 12.1 Å². The first-order valence-corrected chi connectivity index (χ1v) is 4.87. The number of likely N-dealkylation sites (N-methyl/N-ethyl adjacent to an activating group) is 1. The molecule has 0 aromatic carbocycles. The van der Waals surface area contributed by atoms with Crippen molar-refractivity contribution < 1.29 is 0 Å². The van der Waals surface area contributed by atoms with Crippen LogP contribution < -0.4 is 5.32 Å². The Morgan fingerprint density at radius 3 is 2.45 bits per heavy atom. The van der Waals surface area contributed by atoms with Gasteiger partial charge in [0.15, 0.2) is 0 Å². The van der Waals surface area contributed by atoms with E-state index in [1.807, 2.05) is 0 Å². The van der Waals surface area contributed by atoms with Crippen molar-refractivity contribution in [2.24, 2.45) is 0 Å². The van der Waals surface area contributed by atoms with Crippen molar-refractivity contribution in [2.45, 2.75) is 38.3 Å². The lowest BCUT2D eigenvalue weighted by atomic mass is 9.91. The standard InChI is InChI=1S/C9H18N2/c1-2-11-6-9(7-11)10-8-4-3-5-8/h8-10H,2-7H2,1H3. The van der Waals surface area contributed by atoms with E-state index in [9.17, 15) is 0 Å². The highest BCUT2D eigenvalue weighted by Crippen LogP contribution is 2.20. The molecular weight excluding hydrogens is 136 g/mol. The van der Waals surface area contributed by atoms with Crippen LogP contribution in [0, 0.1) is 0 Å². The lowest BCUT2D eigenvalue weighted by Crippen LogP contribution is -2.60. The lowest BCUT2D eigenvalue weighted by Gasteiger charge is -2.42. The fourth-order valence-electron chi connectivity index (χ4n) is 1.84. The Morgan fingerprint density at radius 1 is 1.27 bits per heavy atom. The molecule has 0 aromatic rings. The van der Waals surface area contributed by atoms with Crippen molar-refractivity contribution in [1.82, 2.24) is 10.2 Å². The van der Waals surface area contributed by atoms with Crippen LogP contribution in [0.4, 0.5) is 0 Å². The Labute approximate surface area is 69.0 Å². The van der Waals surface area contributed by atoms with E-state index in [1.165, 1.54) is 38.9 Å². The molecule has 1 aliphatic heterocycles. The van der Waals surface area contributed by atoms with E-state index in [0.29, 0.717) is 0 Å². The first-order valence-electron chi connectivity index (χ1n) is 4.87.